The number of methoxy groups -OCH3 is 2. The van der Waals surface area contributed by atoms with E-state index in [1.807, 2.05) is 62.4 Å². The van der Waals surface area contributed by atoms with Crippen molar-refractivity contribution in [3.05, 3.63) is 93.9 Å². The standard InChI is InChI=1S/C27H27NO4S.C2H6/c1-30-23-8-9-24-20(14-23)10-12-28-18-22-17-26(31-2)27(16-21(22)15-25(24)28)32-33(29)13-11-19-6-4-3-5-7-19;1-2/h3-9,11,13-14,16-17,25H,10,12,15,18H2,1-2H3;1-2H3/b13-11+;. The maximum absolute atomic E-state index is 12.6. The molecule has 2 atom stereocenters. The van der Waals surface area contributed by atoms with Crippen molar-refractivity contribution in [2.45, 2.75) is 39.3 Å². The van der Waals surface area contributed by atoms with Gasteiger partial charge in [-0.1, -0.05) is 50.2 Å². The second-order valence-electron chi connectivity index (χ2n) is 8.33. The maximum Gasteiger partial charge on any atom is 0.233 e. The summed E-state index contributed by atoms with van der Waals surface area (Å²) in [5.41, 5.74) is 6.13. The first-order valence-corrected chi connectivity index (χ1v) is 13.2. The van der Waals surface area contributed by atoms with Crippen LogP contribution in [0.25, 0.3) is 6.08 Å². The van der Waals surface area contributed by atoms with E-state index in [1.54, 1.807) is 25.7 Å². The second-order valence-corrected chi connectivity index (χ2v) is 9.29. The van der Waals surface area contributed by atoms with Crippen molar-refractivity contribution in [3.63, 3.8) is 0 Å². The van der Waals surface area contributed by atoms with E-state index in [0.29, 0.717) is 17.5 Å². The van der Waals surface area contributed by atoms with Crippen molar-refractivity contribution in [3.8, 4) is 17.2 Å². The fourth-order valence-electron chi connectivity index (χ4n) is 4.74. The molecule has 0 saturated carbocycles. The molecule has 0 amide bonds. The Kier molecular flexibility index (Phi) is 8.26. The van der Waals surface area contributed by atoms with Gasteiger partial charge in [-0.05, 0) is 71.0 Å². The molecule has 5 nitrogen and oxygen atoms in total. The summed E-state index contributed by atoms with van der Waals surface area (Å²) in [4.78, 5) is 2.53. The van der Waals surface area contributed by atoms with Crippen LogP contribution < -0.4 is 13.7 Å². The molecule has 2 aliphatic rings. The summed E-state index contributed by atoms with van der Waals surface area (Å²) in [5.74, 6) is 2.02. The molecule has 0 fully saturated rings. The predicted octanol–water partition coefficient (Wildman–Crippen LogP) is 6.10. The zero-order chi connectivity index (χ0) is 24.8. The fraction of sp³-hybridized carbons (Fsp3) is 0.310. The summed E-state index contributed by atoms with van der Waals surface area (Å²) >= 11 is -1.62. The molecular formula is C29H33NO4S. The number of benzene rings is 3. The number of nitrogens with zero attached hydrogens (tertiary/aromatic N) is 1. The van der Waals surface area contributed by atoms with Gasteiger partial charge in [0.05, 0.1) is 14.2 Å². The predicted molar refractivity (Wildman–Crippen MR) is 142 cm³/mol. The molecule has 2 unspecified atom stereocenters. The van der Waals surface area contributed by atoms with Crippen molar-refractivity contribution < 1.29 is 17.9 Å². The van der Waals surface area contributed by atoms with E-state index >= 15 is 0 Å². The van der Waals surface area contributed by atoms with E-state index in [2.05, 4.69) is 17.0 Å². The third-order valence-corrected chi connectivity index (χ3v) is 7.14. The van der Waals surface area contributed by atoms with Crippen LogP contribution in [0.15, 0.2) is 66.1 Å². The highest BCUT2D eigenvalue weighted by molar-refractivity contribution is 7.83. The van der Waals surface area contributed by atoms with Gasteiger partial charge in [0.1, 0.15) is 5.75 Å². The molecule has 6 heteroatoms. The lowest BCUT2D eigenvalue weighted by Crippen LogP contribution is -2.39. The van der Waals surface area contributed by atoms with Gasteiger partial charge in [-0.3, -0.25) is 4.90 Å². The maximum atomic E-state index is 12.6. The summed E-state index contributed by atoms with van der Waals surface area (Å²) < 4.78 is 29.4. The molecule has 0 bridgehead atoms. The molecule has 2 aliphatic heterocycles. The quantitative estimate of drug-likeness (QED) is 0.417. The van der Waals surface area contributed by atoms with Crippen molar-refractivity contribution in [1.29, 1.82) is 0 Å². The zero-order valence-corrected chi connectivity index (χ0v) is 21.6. The van der Waals surface area contributed by atoms with Gasteiger partial charge in [0.15, 0.2) is 11.5 Å². The molecule has 0 spiro atoms. The van der Waals surface area contributed by atoms with E-state index < -0.39 is 11.1 Å². The summed E-state index contributed by atoms with van der Waals surface area (Å²) in [5, 5.41) is 1.56. The largest absolute Gasteiger partial charge is 0.497 e. The van der Waals surface area contributed by atoms with Crippen LogP contribution in [0.2, 0.25) is 0 Å². The first-order valence-electron chi connectivity index (χ1n) is 12.1. The van der Waals surface area contributed by atoms with E-state index in [-0.39, 0.29) is 0 Å². The summed E-state index contributed by atoms with van der Waals surface area (Å²) in [6, 6.07) is 20.5. The van der Waals surface area contributed by atoms with Crippen molar-refractivity contribution in [1.82, 2.24) is 4.90 Å². The smallest absolute Gasteiger partial charge is 0.233 e. The fourth-order valence-corrected chi connectivity index (χ4v) is 5.37. The Morgan fingerprint density at radius 1 is 0.914 bits per heavy atom. The molecule has 3 aromatic rings. The molecule has 2 heterocycles. The minimum absolute atomic E-state index is 0.317. The lowest BCUT2D eigenvalue weighted by molar-refractivity contribution is 0.160. The van der Waals surface area contributed by atoms with Gasteiger partial charge in [0.25, 0.3) is 0 Å². The Morgan fingerprint density at radius 3 is 2.43 bits per heavy atom. The molecule has 0 aromatic heterocycles. The highest BCUT2D eigenvalue weighted by Gasteiger charge is 2.33. The first kappa shape index (κ1) is 25.0. The van der Waals surface area contributed by atoms with Crippen LogP contribution in [0.5, 0.6) is 17.2 Å². The van der Waals surface area contributed by atoms with Crippen LogP contribution in [0.4, 0.5) is 0 Å². The van der Waals surface area contributed by atoms with E-state index in [4.69, 9.17) is 13.7 Å². The van der Waals surface area contributed by atoms with Gasteiger partial charge >= 0.3 is 0 Å². The molecule has 5 rings (SSSR count). The Bertz CT molecular complexity index is 1210. The van der Waals surface area contributed by atoms with E-state index in [0.717, 1.165) is 37.2 Å². The Balaban J connectivity index is 0.00000141. The van der Waals surface area contributed by atoms with Gasteiger partial charge in [-0.2, -0.15) is 0 Å². The van der Waals surface area contributed by atoms with Crippen LogP contribution >= 0.6 is 0 Å². The van der Waals surface area contributed by atoms with Gasteiger partial charge in [0, 0.05) is 24.5 Å². The lowest BCUT2D eigenvalue weighted by Gasteiger charge is -2.41. The minimum Gasteiger partial charge on any atom is -0.497 e. The number of hydrogen-bond acceptors (Lipinski definition) is 5. The number of rotatable bonds is 6. The third kappa shape index (κ3) is 5.60. The molecule has 0 saturated heterocycles. The Hall–Kier alpha value is -3.09. The first-order chi connectivity index (χ1) is 17.1. The summed E-state index contributed by atoms with van der Waals surface area (Å²) in [6.45, 7) is 5.87. The van der Waals surface area contributed by atoms with Crippen molar-refractivity contribution in [2.24, 2.45) is 0 Å². The van der Waals surface area contributed by atoms with Crippen molar-refractivity contribution in [2.75, 3.05) is 20.8 Å². The van der Waals surface area contributed by atoms with E-state index in [1.165, 1.54) is 22.3 Å². The number of fused-ring (bicyclic) bond motifs is 4. The van der Waals surface area contributed by atoms with Crippen LogP contribution in [-0.2, 0) is 30.5 Å². The highest BCUT2D eigenvalue weighted by Crippen LogP contribution is 2.42. The van der Waals surface area contributed by atoms with Gasteiger partial charge < -0.3 is 13.7 Å². The molecule has 35 heavy (non-hydrogen) atoms. The summed E-state index contributed by atoms with van der Waals surface area (Å²) in [7, 11) is 3.33. The van der Waals surface area contributed by atoms with Crippen LogP contribution in [0.3, 0.4) is 0 Å². The van der Waals surface area contributed by atoms with Crippen LogP contribution in [0, 0.1) is 0 Å². The topological polar surface area (TPSA) is 48.0 Å². The Morgan fingerprint density at radius 2 is 1.69 bits per heavy atom. The second kappa shape index (κ2) is 11.6. The molecule has 0 radical (unpaired) electrons. The Labute approximate surface area is 211 Å². The molecule has 0 aliphatic carbocycles. The number of hydrogen-bond donors (Lipinski definition) is 0. The molecule has 184 valence electrons. The van der Waals surface area contributed by atoms with Gasteiger partial charge in [-0.15, -0.1) is 0 Å². The van der Waals surface area contributed by atoms with Crippen LogP contribution in [-0.4, -0.2) is 29.9 Å². The average Bonchev–Trinajstić information content (AvgIpc) is 2.91. The monoisotopic (exact) mass is 491 g/mol. The lowest BCUT2D eigenvalue weighted by atomic mass is 9.84. The normalized spacial score (nSPS) is 17.3. The molecule has 3 aromatic carbocycles. The van der Waals surface area contributed by atoms with Crippen LogP contribution in [0.1, 0.15) is 47.7 Å². The molecular weight excluding hydrogens is 458 g/mol. The third-order valence-electron chi connectivity index (χ3n) is 6.43. The number of ether oxygens (including phenoxy) is 2. The summed E-state index contributed by atoms with van der Waals surface area (Å²) in [6.07, 6.45) is 3.69. The zero-order valence-electron chi connectivity index (χ0n) is 20.8. The van der Waals surface area contributed by atoms with Gasteiger partial charge in [-0.25, -0.2) is 4.21 Å². The van der Waals surface area contributed by atoms with E-state index in [9.17, 15) is 4.21 Å². The minimum atomic E-state index is -1.62. The van der Waals surface area contributed by atoms with Gasteiger partial charge in [0.2, 0.25) is 11.1 Å². The SMILES string of the molecule is CC.COc1ccc2c(c1)CCN1Cc3cc(OC)c(OS(=O)/C=C/c4ccccc4)cc3CC21. The highest BCUT2D eigenvalue weighted by atomic mass is 32.2. The molecule has 0 N–H and O–H groups in total. The average molecular weight is 492 g/mol. The van der Waals surface area contributed by atoms with Crippen molar-refractivity contribution >= 4 is 17.2 Å².